The quantitative estimate of drug-likeness (QED) is 0.831. The number of rotatable bonds is 3. The molecule has 98 valence electrons. The molecule has 0 aromatic heterocycles. The first-order valence-electron chi connectivity index (χ1n) is 6.62. The molecule has 1 heterocycles. The lowest BCUT2D eigenvalue weighted by Crippen LogP contribution is -2.30. The number of carbonyl (C=O) groups excluding carboxylic acids is 1. The lowest BCUT2D eigenvalue weighted by Gasteiger charge is -2.18. The Morgan fingerprint density at radius 3 is 2.61 bits per heavy atom. The summed E-state index contributed by atoms with van der Waals surface area (Å²) in [6, 6.07) is 7.84. The maximum absolute atomic E-state index is 12.2. The molecule has 0 spiro atoms. The molecule has 1 aliphatic rings. The highest BCUT2D eigenvalue weighted by Crippen LogP contribution is 2.24. The zero-order valence-electron chi connectivity index (χ0n) is 11.1. The molecular weight excluding hydrogens is 242 g/mol. The molecule has 0 saturated carbocycles. The second-order valence-corrected chi connectivity index (χ2v) is 5.99. The average Bonchev–Trinajstić information content (AvgIpc) is 2.81. The maximum Gasteiger partial charge on any atom is 0.226 e. The summed E-state index contributed by atoms with van der Waals surface area (Å²) in [6.07, 6.45) is 1.66. The van der Waals surface area contributed by atoms with Gasteiger partial charge in [-0.2, -0.15) is 0 Å². The van der Waals surface area contributed by atoms with Crippen LogP contribution in [0.15, 0.2) is 29.2 Å². The highest BCUT2D eigenvalue weighted by atomic mass is 32.1. The third-order valence-electron chi connectivity index (χ3n) is 3.81. The lowest BCUT2D eigenvalue weighted by molar-refractivity contribution is -0.129. The summed E-state index contributed by atoms with van der Waals surface area (Å²) >= 11 is 4.25. The first-order valence-corrected chi connectivity index (χ1v) is 7.06. The van der Waals surface area contributed by atoms with Gasteiger partial charge >= 0.3 is 0 Å². The minimum atomic E-state index is 0.255. The van der Waals surface area contributed by atoms with Gasteiger partial charge in [0.05, 0.1) is 6.42 Å². The summed E-state index contributed by atoms with van der Waals surface area (Å²) < 4.78 is 0. The Labute approximate surface area is 115 Å². The van der Waals surface area contributed by atoms with Crippen molar-refractivity contribution in [1.29, 1.82) is 0 Å². The van der Waals surface area contributed by atoms with Crippen LogP contribution < -0.4 is 0 Å². The van der Waals surface area contributed by atoms with Crippen molar-refractivity contribution in [1.82, 2.24) is 4.90 Å². The van der Waals surface area contributed by atoms with E-state index in [1.54, 1.807) is 0 Å². The molecule has 0 aliphatic carbocycles. The van der Waals surface area contributed by atoms with Gasteiger partial charge in [0, 0.05) is 18.0 Å². The molecule has 1 atom stereocenters. The molecule has 3 heteroatoms. The molecule has 2 rings (SSSR count). The molecule has 2 nitrogen and oxygen atoms in total. The fourth-order valence-electron chi connectivity index (χ4n) is 2.46. The van der Waals surface area contributed by atoms with Crippen LogP contribution in [0.25, 0.3) is 0 Å². The molecule has 1 aromatic rings. The number of hydrogen-bond acceptors (Lipinski definition) is 2. The third kappa shape index (κ3) is 3.29. The van der Waals surface area contributed by atoms with E-state index in [0.717, 1.165) is 30.0 Å². The van der Waals surface area contributed by atoms with Crippen molar-refractivity contribution in [3.8, 4) is 0 Å². The predicted octanol–water partition coefficient (Wildman–Crippen LogP) is 3.02. The first-order chi connectivity index (χ1) is 8.56. The third-order valence-corrected chi connectivity index (χ3v) is 4.11. The van der Waals surface area contributed by atoms with E-state index in [1.165, 1.54) is 0 Å². The van der Waals surface area contributed by atoms with Gasteiger partial charge in [-0.3, -0.25) is 4.79 Å². The van der Waals surface area contributed by atoms with Crippen molar-refractivity contribution in [2.75, 3.05) is 13.1 Å². The smallest absolute Gasteiger partial charge is 0.226 e. The largest absolute Gasteiger partial charge is 0.342 e. The van der Waals surface area contributed by atoms with Crippen molar-refractivity contribution in [2.45, 2.75) is 31.6 Å². The molecule has 1 saturated heterocycles. The van der Waals surface area contributed by atoms with Gasteiger partial charge in [-0.1, -0.05) is 26.0 Å². The average molecular weight is 263 g/mol. The SMILES string of the molecule is CC(C)C1CCN(C(=O)Cc2ccc(S)cc2)C1. The molecular formula is C15H21NOS. The molecule has 18 heavy (non-hydrogen) atoms. The minimum Gasteiger partial charge on any atom is -0.342 e. The standard InChI is InChI=1S/C15H21NOS/c1-11(2)13-7-8-16(10-13)15(17)9-12-3-5-14(18)6-4-12/h3-6,11,13,18H,7-10H2,1-2H3. The van der Waals surface area contributed by atoms with Crippen LogP contribution in [0.5, 0.6) is 0 Å². The summed E-state index contributed by atoms with van der Waals surface area (Å²) in [7, 11) is 0. The Kier molecular flexibility index (Phi) is 4.33. The highest BCUT2D eigenvalue weighted by Gasteiger charge is 2.27. The van der Waals surface area contributed by atoms with Crippen LogP contribution in [-0.2, 0) is 11.2 Å². The molecule has 0 radical (unpaired) electrons. The predicted molar refractivity (Wildman–Crippen MR) is 76.9 cm³/mol. The van der Waals surface area contributed by atoms with Crippen LogP contribution in [0.3, 0.4) is 0 Å². The second-order valence-electron chi connectivity index (χ2n) is 5.48. The van der Waals surface area contributed by atoms with E-state index in [-0.39, 0.29) is 5.91 Å². The van der Waals surface area contributed by atoms with E-state index in [4.69, 9.17) is 0 Å². The number of carbonyl (C=O) groups is 1. The molecule has 0 bridgehead atoms. The fraction of sp³-hybridized carbons (Fsp3) is 0.533. The van der Waals surface area contributed by atoms with Gasteiger partial charge in [0.25, 0.3) is 0 Å². The van der Waals surface area contributed by atoms with Gasteiger partial charge in [0.15, 0.2) is 0 Å². The van der Waals surface area contributed by atoms with Gasteiger partial charge in [-0.25, -0.2) is 0 Å². The normalized spacial score (nSPS) is 19.6. The van der Waals surface area contributed by atoms with E-state index in [2.05, 4.69) is 26.5 Å². The molecule has 1 unspecified atom stereocenters. The Bertz CT molecular complexity index is 413. The summed E-state index contributed by atoms with van der Waals surface area (Å²) in [6.45, 7) is 6.33. The molecule has 1 aliphatic heterocycles. The second kappa shape index (κ2) is 5.79. The van der Waals surface area contributed by atoms with E-state index in [9.17, 15) is 4.79 Å². The molecule has 1 aromatic carbocycles. The van der Waals surface area contributed by atoms with Gasteiger partial charge in [0.2, 0.25) is 5.91 Å². The topological polar surface area (TPSA) is 20.3 Å². The van der Waals surface area contributed by atoms with Gasteiger partial charge in [-0.15, -0.1) is 12.6 Å². The summed E-state index contributed by atoms with van der Waals surface area (Å²) in [5.41, 5.74) is 1.07. The van der Waals surface area contributed by atoms with Crippen LogP contribution in [-0.4, -0.2) is 23.9 Å². The Morgan fingerprint density at radius 2 is 2.06 bits per heavy atom. The fourth-order valence-corrected chi connectivity index (χ4v) is 2.61. The number of nitrogens with zero attached hydrogens (tertiary/aromatic N) is 1. The maximum atomic E-state index is 12.2. The highest BCUT2D eigenvalue weighted by molar-refractivity contribution is 7.80. The molecule has 1 amide bonds. The molecule has 0 N–H and O–H groups in total. The number of hydrogen-bond donors (Lipinski definition) is 1. The lowest BCUT2D eigenvalue weighted by atomic mass is 9.95. The van der Waals surface area contributed by atoms with Crippen molar-refractivity contribution in [3.05, 3.63) is 29.8 Å². The van der Waals surface area contributed by atoms with Crippen LogP contribution in [0, 0.1) is 11.8 Å². The van der Waals surface area contributed by atoms with E-state index in [0.29, 0.717) is 18.3 Å². The van der Waals surface area contributed by atoms with Crippen LogP contribution in [0.2, 0.25) is 0 Å². The summed E-state index contributed by atoms with van der Waals surface area (Å²) in [5, 5.41) is 0. The zero-order chi connectivity index (χ0) is 13.1. The Hall–Kier alpha value is -0.960. The van der Waals surface area contributed by atoms with Crippen molar-refractivity contribution in [2.24, 2.45) is 11.8 Å². The Morgan fingerprint density at radius 1 is 1.39 bits per heavy atom. The minimum absolute atomic E-state index is 0.255. The van der Waals surface area contributed by atoms with Crippen LogP contribution >= 0.6 is 12.6 Å². The number of amides is 1. The first kappa shape index (κ1) is 13.5. The van der Waals surface area contributed by atoms with E-state index >= 15 is 0 Å². The zero-order valence-corrected chi connectivity index (χ0v) is 12.0. The van der Waals surface area contributed by atoms with E-state index in [1.807, 2.05) is 29.2 Å². The van der Waals surface area contributed by atoms with Crippen molar-refractivity contribution >= 4 is 18.5 Å². The summed E-state index contributed by atoms with van der Waals surface area (Å²) in [5.74, 6) is 1.60. The summed E-state index contributed by atoms with van der Waals surface area (Å²) in [4.78, 5) is 15.1. The number of likely N-dealkylation sites (tertiary alicyclic amines) is 1. The van der Waals surface area contributed by atoms with Gasteiger partial charge in [-0.05, 0) is 36.0 Å². The van der Waals surface area contributed by atoms with E-state index < -0.39 is 0 Å². The van der Waals surface area contributed by atoms with Gasteiger partial charge in [0.1, 0.15) is 0 Å². The van der Waals surface area contributed by atoms with Crippen LogP contribution in [0.4, 0.5) is 0 Å². The molecule has 1 fully saturated rings. The van der Waals surface area contributed by atoms with Crippen LogP contribution in [0.1, 0.15) is 25.8 Å². The van der Waals surface area contributed by atoms with Crippen molar-refractivity contribution in [3.63, 3.8) is 0 Å². The monoisotopic (exact) mass is 263 g/mol. The number of thiol groups is 1. The Balaban J connectivity index is 1.91. The number of benzene rings is 1. The van der Waals surface area contributed by atoms with Crippen molar-refractivity contribution < 1.29 is 4.79 Å². The van der Waals surface area contributed by atoms with Gasteiger partial charge < -0.3 is 4.90 Å².